The van der Waals surface area contributed by atoms with Crippen molar-refractivity contribution in [2.75, 3.05) is 0 Å². The first-order valence-corrected chi connectivity index (χ1v) is 28.7. The number of fused-ring (bicyclic) bond motifs is 6. The fourth-order valence-electron chi connectivity index (χ4n) is 12.2. The molecule has 12 rings (SSSR count). The SMILES string of the molecule is N#Cc1cc(-n2c3cc(-c4cc(C(F)(F)F)cc(C(F)(F)F)c4)ccc3c3ccc(-c4cc(C(F)(F)F)cc(C(F)(F)F)c4)cc32)c(-c2c(C#N)cccc2C(F)(F)F)cc1-n1c2cc(-c3cc(C(F)(F)F)cc(C(F)(F)F)c3)ccc2c2ccc(-c3cc(C(F)(F)F)cc(C(F)(F)F)c3)cc21. The highest BCUT2D eigenvalue weighted by Crippen LogP contribution is 2.51. The quantitative estimate of drug-likeness (QED) is 0.149. The van der Waals surface area contributed by atoms with E-state index in [1.807, 2.05) is 0 Å². The van der Waals surface area contributed by atoms with Crippen LogP contribution in [0, 0.1) is 22.7 Å². The van der Waals surface area contributed by atoms with E-state index in [0.717, 1.165) is 88.0 Å². The van der Waals surface area contributed by atoms with Crippen molar-refractivity contribution in [3.05, 3.63) is 237 Å². The van der Waals surface area contributed by atoms with E-state index in [-0.39, 0.29) is 94.3 Å². The minimum Gasteiger partial charge on any atom is -0.309 e. The molecule has 522 valence electrons. The third-order valence-electron chi connectivity index (χ3n) is 16.7. The van der Waals surface area contributed by atoms with E-state index >= 15 is 13.2 Å². The maximum atomic E-state index is 16.0. The van der Waals surface area contributed by atoms with E-state index in [9.17, 15) is 116 Å². The smallest absolute Gasteiger partial charge is 0.309 e. The van der Waals surface area contributed by atoms with Crippen molar-refractivity contribution in [2.24, 2.45) is 0 Å². The molecule has 4 nitrogen and oxygen atoms in total. The standard InChI is InChI=1S/C71H29F27N4/c72-63(73,74)42-12-37(13-43(25-42)64(75,76)77)32-4-8-50-51-9-5-33(38-14-44(65(78,79)80)26-45(15-38)66(81,82)83)21-58(51)101(57(50)20-32)56-29-54(62-36(30-99)2-1-3-55(62)71(96,97)98)61(24-41(56)31-100)102-59-22-34(39-16-46(67(84,85)86)27-47(17-39)68(87,88)89)6-10-52(59)53-11-7-35(23-60(53)102)40-18-48(69(90,91)92)28-49(19-40)70(93,94)95/h1-29H. The summed E-state index contributed by atoms with van der Waals surface area (Å²) in [6, 6.07) is 19.2. The molecule has 0 aliphatic heterocycles. The minimum atomic E-state index is -5.61. The van der Waals surface area contributed by atoms with Crippen LogP contribution < -0.4 is 0 Å². The molecule has 10 aromatic carbocycles. The number of alkyl halides is 27. The molecule has 102 heavy (non-hydrogen) atoms. The summed E-state index contributed by atoms with van der Waals surface area (Å²) in [6.45, 7) is 0. The van der Waals surface area contributed by atoms with E-state index in [0.29, 0.717) is 24.3 Å². The average Bonchev–Trinajstić information content (AvgIpc) is 1.52. The van der Waals surface area contributed by atoms with Gasteiger partial charge < -0.3 is 9.13 Å². The number of nitriles is 2. The number of aromatic nitrogens is 2. The van der Waals surface area contributed by atoms with Crippen molar-refractivity contribution in [2.45, 2.75) is 55.6 Å². The molecule has 0 fully saturated rings. The van der Waals surface area contributed by atoms with Gasteiger partial charge in [0.2, 0.25) is 0 Å². The lowest BCUT2D eigenvalue weighted by molar-refractivity contribution is -0.144. The Balaban J connectivity index is 1.27. The van der Waals surface area contributed by atoms with Crippen LogP contribution in [0.25, 0.3) is 111 Å². The fourth-order valence-corrected chi connectivity index (χ4v) is 12.2. The van der Waals surface area contributed by atoms with Gasteiger partial charge in [-0.25, -0.2) is 0 Å². The van der Waals surface area contributed by atoms with Gasteiger partial charge in [0.1, 0.15) is 6.07 Å². The molecule has 0 amide bonds. The number of hydrogen-bond acceptors (Lipinski definition) is 2. The second-order valence-corrected chi connectivity index (χ2v) is 23.1. The molecule has 0 aliphatic rings. The molecular weight excluding hydrogens is 1420 g/mol. The van der Waals surface area contributed by atoms with Crippen LogP contribution in [0.1, 0.15) is 61.2 Å². The molecule has 31 heteroatoms. The summed E-state index contributed by atoms with van der Waals surface area (Å²) < 4.78 is 397. The van der Waals surface area contributed by atoms with Crippen LogP contribution in [0.2, 0.25) is 0 Å². The third kappa shape index (κ3) is 13.1. The Hall–Kier alpha value is -11.1. The van der Waals surface area contributed by atoms with Crippen LogP contribution in [-0.4, -0.2) is 9.13 Å². The molecule has 0 saturated heterocycles. The normalized spacial score (nSPS) is 13.2. The fraction of sp³-hybridized carbons (Fsp3) is 0.127. The predicted molar refractivity (Wildman–Crippen MR) is 317 cm³/mol. The summed E-state index contributed by atoms with van der Waals surface area (Å²) in [7, 11) is 0. The highest BCUT2D eigenvalue weighted by atomic mass is 19.4. The minimum absolute atomic E-state index is 0.180. The molecule has 0 spiro atoms. The Kier molecular flexibility index (Phi) is 16.5. The highest BCUT2D eigenvalue weighted by molar-refractivity contribution is 6.13. The van der Waals surface area contributed by atoms with Crippen molar-refractivity contribution in [1.82, 2.24) is 9.13 Å². The Bertz CT molecular complexity index is 5140. The first-order valence-electron chi connectivity index (χ1n) is 28.7. The predicted octanol–water partition coefficient (Wildman–Crippen LogP) is 25.1. The number of hydrogen-bond donors (Lipinski definition) is 0. The van der Waals surface area contributed by atoms with Crippen molar-refractivity contribution in [3.8, 4) is 79.1 Å². The summed E-state index contributed by atoms with van der Waals surface area (Å²) in [4.78, 5) is 0. The second kappa shape index (κ2) is 23.8. The summed E-state index contributed by atoms with van der Waals surface area (Å²) in [6.07, 6.45) is -49.6. The summed E-state index contributed by atoms with van der Waals surface area (Å²) >= 11 is 0. The lowest BCUT2D eigenvalue weighted by Gasteiger charge is -2.22. The molecule has 0 bridgehead atoms. The van der Waals surface area contributed by atoms with Gasteiger partial charge in [-0.15, -0.1) is 0 Å². The zero-order chi connectivity index (χ0) is 74.5. The van der Waals surface area contributed by atoms with Gasteiger partial charge in [-0.05, 0) is 166 Å². The zero-order valence-electron chi connectivity index (χ0n) is 49.7. The second-order valence-electron chi connectivity index (χ2n) is 23.1. The van der Waals surface area contributed by atoms with Crippen LogP contribution in [0.15, 0.2) is 176 Å². The van der Waals surface area contributed by atoms with Gasteiger partial charge in [0.05, 0.1) is 101 Å². The Morgan fingerprint density at radius 3 is 0.725 bits per heavy atom. The number of nitrogens with zero attached hydrogens (tertiary/aromatic N) is 4. The monoisotopic (exact) mass is 1450 g/mol. The Morgan fingerprint density at radius 2 is 0.490 bits per heavy atom. The van der Waals surface area contributed by atoms with Crippen molar-refractivity contribution >= 4 is 43.6 Å². The van der Waals surface area contributed by atoms with Gasteiger partial charge in [0.25, 0.3) is 0 Å². The molecule has 0 unspecified atom stereocenters. The number of halogens is 27. The first-order chi connectivity index (χ1) is 47.1. The van der Waals surface area contributed by atoms with Crippen molar-refractivity contribution in [1.29, 1.82) is 10.5 Å². The summed E-state index contributed by atoms with van der Waals surface area (Å²) in [5, 5.41) is 21.5. The Morgan fingerprint density at radius 1 is 0.235 bits per heavy atom. The molecule has 0 aliphatic carbocycles. The van der Waals surface area contributed by atoms with Gasteiger partial charge in [-0.1, -0.05) is 54.6 Å². The van der Waals surface area contributed by atoms with Crippen LogP contribution >= 0.6 is 0 Å². The number of rotatable bonds is 7. The van der Waals surface area contributed by atoms with Gasteiger partial charge in [-0.3, -0.25) is 0 Å². The van der Waals surface area contributed by atoms with Crippen LogP contribution in [0.3, 0.4) is 0 Å². The largest absolute Gasteiger partial charge is 0.417 e. The van der Waals surface area contributed by atoms with Gasteiger partial charge in [0.15, 0.2) is 0 Å². The van der Waals surface area contributed by atoms with E-state index in [2.05, 4.69) is 0 Å². The molecule has 2 heterocycles. The Labute approximate surface area is 552 Å². The van der Waals surface area contributed by atoms with Crippen molar-refractivity contribution in [3.63, 3.8) is 0 Å². The van der Waals surface area contributed by atoms with E-state index < -0.39 is 206 Å². The molecule has 0 N–H and O–H groups in total. The average molecular weight is 1450 g/mol. The van der Waals surface area contributed by atoms with Crippen LogP contribution in [0.4, 0.5) is 119 Å². The lowest BCUT2D eigenvalue weighted by Crippen LogP contribution is -2.11. The highest BCUT2D eigenvalue weighted by Gasteiger charge is 2.43. The van der Waals surface area contributed by atoms with E-state index in [1.165, 1.54) is 0 Å². The van der Waals surface area contributed by atoms with E-state index in [4.69, 9.17) is 0 Å². The summed E-state index contributed by atoms with van der Waals surface area (Å²) in [5.74, 6) is 0. The van der Waals surface area contributed by atoms with Gasteiger partial charge >= 0.3 is 55.6 Å². The van der Waals surface area contributed by atoms with E-state index in [1.54, 1.807) is 12.1 Å². The van der Waals surface area contributed by atoms with Gasteiger partial charge in [-0.2, -0.15) is 129 Å². The molecule has 0 radical (unpaired) electrons. The van der Waals surface area contributed by atoms with Crippen LogP contribution in [0.5, 0.6) is 0 Å². The lowest BCUT2D eigenvalue weighted by atomic mass is 9.91. The number of benzene rings is 10. The molecule has 0 saturated carbocycles. The zero-order valence-corrected chi connectivity index (χ0v) is 49.7. The van der Waals surface area contributed by atoms with Crippen molar-refractivity contribution < 1.29 is 119 Å². The summed E-state index contributed by atoms with van der Waals surface area (Å²) in [5.41, 5.74) is -30.0. The maximum Gasteiger partial charge on any atom is 0.417 e. The first kappa shape index (κ1) is 70.7. The molecule has 12 aromatic rings. The molecular formula is C71H29F27N4. The molecule has 0 atom stereocenters. The third-order valence-corrected chi connectivity index (χ3v) is 16.7. The van der Waals surface area contributed by atoms with Gasteiger partial charge in [0, 0.05) is 32.7 Å². The topological polar surface area (TPSA) is 57.4 Å². The van der Waals surface area contributed by atoms with Crippen LogP contribution in [-0.2, 0) is 55.6 Å². The maximum absolute atomic E-state index is 16.0. The molecule has 2 aromatic heterocycles.